The summed E-state index contributed by atoms with van der Waals surface area (Å²) in [6.45, 7) is 1.88. The number of nitrogens with zero attached hydrogens (tertiary/aromatic N) is 1. The first-order valence-corrected chi connectivity index (χ1v) is 6.47. The van der Waals surface area contributed by atoms with Gasteiger partial charge in [-0.2, -0.15) is 5.10 Å². The summed E-state index contributed by atoms with van der Waals surface area (Å²) in [5, 5.41) is 3.86. The third kappa shape index (κ3) is 4.69. The number of carbonyl (C=O) groups excluding carboxylic acids is 1. The number of carbonyl (C=O) groups is 1. The molecular weight excluding hydrogens is 267 g/mol. The molecule has 0 aliphatic rings. The smallest absolute Gasteiger partial charge is 0.267 e. The Labute approximate surface area is 122 Å². The maximum absolute atomic E-state index is 13.0. The van der Waals surface area contributed by atoms with Crippen molar-refractivity contribution in [1.82, 2.24) is 5.43 Å². The Hall–Kier alpha value is -2.75. The standard InChI is InChI=1S/C17H15FN2O/c1-13(10-14-6-3-2-4-7-14)12-19-20-17(21)15-8-5-9-16(18)11-15/h2-12H,1H3,(H,20,21)/b13-10+,19-12-. The molecular formula is C17H15FN2O. The molecule has 0 aromatic heterocycles. The van der Waals surface area contributed by atoms with Crippen LogP contribution in [-0.2, 0) is 0 Å². The van der Waals surface area contributed by atoms with Gasteiger partial charge in [0.2, 0.25) is 0 Å². The van der Waals surface area contributed by atoms with Gasteiger partial charge in [0.1, 0.15) is 5.82 Å². The number of benzene rings is 2. The van der Waals surface area contributed by atoms with E-state index in [9.17, 15) is 9.18 Å². The summed E-state index contributed by atoms with van der Waals surface area (Å²) in [4.78, 5) is 11.7. The molecule has 4 heteroatoms. The van der Waals surface area contributed by atoms with E-state index in [1.54, 1.807) is 6.21 Å². The Kier molecular flexibility index (Phi) is 4.99. The molecule has 0 radical (unpaired) electrons. The molecule has 0 fully saturated rings. The second-order valence-electron chi connectivity index (χ2n) is 4.51. The number of halogens is 1. The van der Waals surface area contributed by atoms with Crippen LogP contribution < -0.4 is 5.43 Å². The lowest BCUT2D eigenvalue weighted by Crippen LogP contribution is -2.17. The van der Waals surface area contributed by atoms with E-state index in [0.29, 0.717) is 0 Å². The van der Waals surface area contributed by atoms with E-state index in [2.05, 4.69) is 10.5 Å². The lowest BCUT2D eigenvalue weighted by molar-refractivity contribution is 0.0954. The molecule has 1 N–H and O–H groups in total. The van der Waals surface area contributed by atoms with E-state index in [1.165, 1.54) is 18.2 Å². The van der Waals surface area contributed by atoms with Crippen LogP contribution in [0.3, 0.4) is 0 Å². The molecule has 0 unspecified atom stereocenters. The quantitative estimate of drug-likeness (QED) is 0.675. The Bertz CT molecular complexity index is 678. The molecule has 0 saturated heterocycles. The minimum absolute atomic E-state index is 0.233. The molecule has 0 saturated carbocycles. The molecule has 0 spiro atoms. The summed E-state index contributed by atoms with van der Waals surface area (Å²) in [5.41, 5.74) is 4.54. The molecule has 0 aliphatic carbocycles. The molecule has 0 bridgehead atoms. The monoisotopic (exact) mass is 282 g/mol. The topological polar surface area (TPSA) is 41.5 Å². The second kappa shape index (κ2) is 7.14. The number of hydrogen-bond acceptors (Lipinski definition) is 2. The average Bonchev–Trinajstić information content (AvgIpc) is 2.48. The first kappa shape index (κ1) is 14.7. The van der Waals surface area contributed by atoms with Crippen LogP contribution in [0.15, 0.2) is 65.3 Å². The summed E-state index contributed by atoms with van der Waals surface area (Å²) < 4.78 is 13.0. The van der Waals surface area contributed by atoms with Gasteiger partial charge >= 0.3 is 0 Å². The van der Waals surface area contributed by atoms with Crippen molar-refractivity contribution in [3.63, 3.8) is 0 Å². The number of nitrogens with one attached hydrogen (secondary N) is 1. The van der Waals surface area contributed by atoms with Crippen molar-refractivity contribution in [1.29, 1.82) is 0 Å². The summed E-state index contributed by atoms with van der Waals surface area (Å²) >= 11 is 0. The van der Waals surface area contributed by atoms with Gasteiger partial charge in [0.05, 0.1) is 6.21 Å². The summed E-state index contributed by atoms with van der Waals surface area (Å²) in [6, 6.07) is 15.2. The maximum Gasteiger partial charge on any atom is 0.271 e. The average molecular weight is 282 g/mol. The fourth-order valence-corrected chi connectivity index (χ4v) is 1.74. The van der Waals surface area contributed by atoms with Crippen LogP contribution in [0, 0.1) is 5.82 Å². The van der Waals surface area contributed by atoms with Gasteiger partial charge in [-0.1, -0.05) is 42.5 Å². The fourth-order valence-electron chi connectivity index (χ4n) is 1.74. The third-order valence-electron chi connectivity index (χ3n) is 2.71. The lowest BCUT2D eigenvalue weighted by atomic mass is 10.1. The normalized spacial score (nSPS) is 11.6. The molecule has 21 heavy (non-hydrogen) atoms. The Balaban J connectivity index is 1.96. The zero-order valence-corrected chi connectivity index (χ0v) is 11.6. The molecule has 0 atom stereocenters. The van der Waals surface area contributed by atoms with Crippen LogP contribution in [0.5, 0.6) is 0 Å². The van der Waals surface area contributed by atoms with Crippen LogP contribution in [0.25, 0.3) is 6.08 Å². The van der Waals surface area contributed by atoms with Gasteiger partial charge in [-0.3, -0.25) is 4.79 Å². The zero-order valence-electron chi connectivity index (χ0n) is 11.6. The Morgan fingerprint density at radius 2 is 1.90 bits per heavy atom. The summed E-state index contributed by atoms with van der Waals surface area (Å²) in [6.07, 6.45) is 3.49. The van der Waals surface area contributed by atoms with Gasteiger partial charge in [-0.05, 0) is 36.3 Å². The predicted octanol–water partition coefficient (Wildman–Crippen LogP) is 3.64. The Morgan fingerprint density at radius 3 is 2.62 bits per heavy atom. The van der Waals surface area contributed by atoms with E-state index >= 15 is 0 Å². The van der Waals surface area contributed by atoms with Crippen LogP contribution in [-0.4, -0.2) is 12.1 Å². The largest absolute Gasteiger partial charge is 0.271 e. The van der Waals surface area contributed by atoms with Crippen LogP contribution >= 0.6 is 0 Å². The van der Waals surface area contributed by atoms with Gasteiger partial charge in [0, 0.05) is 5.56 Å². The highest BCUT2D eigenvalue weighted by atomic mass is 19.1. The fraction of sp³-hybridized carbons (Fsp3) is 0.0588. The summed E-state index contributed by atoms with van der Waals surface area (Å²) in [7, 11) is 0. The number of rotatable bonds is 4. The van der Waals surface area contributed by atoms with Gasteiger partial charge in [0.15, 0.2) is 0 Å². The van der Waals surface area contributed by atoms with E-state index in [0.717, 1.165) is 17.2 Å². The van der Waals surface area contributed by atoms with Crippen LogP contribution in [0.1, 0.15) is 22.8 Å². The minimum atomic E-state index is -0.452. The molecule has 1 amide bonds. The highest BCUT2D eigenvalue weighted by Gasteiger charge is 2.04. The molecule has 2 rings (SSSR count). The number of allylic oxidation sites excluding steroid dienone is 1. The van der Waals surface area contributed by atoms with E-state index < -0.39 is 11.7 Å². The maximum atomic E-state index is 13.0. The first-order valence-electron chi connectivity index (χ1n) is 6.47. The zero-order chi connectivity index (χ0) is 15.1. The van der Waals surface area contributed by atoms with E-state index in [4.69, 9.17) is 0 Å². The second-order valence-corrected chi connectivity index (χ2v) is 4.51. The molecule has 2 aromatic carbocycles. The summed E-state index contributed by atoms with van der Waals surface area (Å²) in [5.74, 6) is -0.898. The van der Waals surface area contributed by atoms with Crippen LogP contribution in [0.2, 0.25) is 0 Å². The van der Waals surface area contributed by atoms with E-state index in [1.807, 2.05) is 43.3 Å². The van der Waals surface area contributed by atoms with Crippen molar-refractivity contribution in [2.24, 2.45) is 5.10 Å². The number of hydrogen-bond donors (Lipinski definition) is 1. The van der Waals surface area contributed by atoms with Gasteiger partial charge in [-0.15, -0.1) is 0 Å². The molecule has 3 nitrogen and oxygen atoms in total. The highest BCUT2D eigenvalue weighted by Crippen LogP contribution is 2.05. The van der Waals surface area contributed by atoms with Crippen molar-refractivity contribution in [3.8, 4) is 0 Å². The lowest BCUT2D eigenvalue weighted by Gasteiger charge is -1.99. The number of amides is 1. The SMILES string of the molecule is CC(/C=N\NC(=O)c1cccc(F)c1)=C\c1ccccc1. The van der Waals surface area contributed by atoms with Crippen molar-refractivity contribution >= 4 is 18.2 Å². The van der Waals surface area contributed by atoms with Crippen molar-refractivity contribution < 1.29 is 9.18 Å². The molecule has 0 heterocycles. The van der Waals surface area contributed by atoms with Gasteiger partial charge in [0.25, 0.3) is 5.91 Å². The predicted molar refractivity (Wildman–Crippen MR) is 82.5 cm³/mol. The molecule has 106 valence electrons. The highest BCUT2D eigenvalue weighted by molar-refractivity contribution is 5.95. The van der Waals surface area contributed by atoms with Crippen molar-refractivity contribution in [2.75, 3.05) is 0 Å². The molecule has 0 aliphatic heterocycles. The molecule has 2 aromatic rings. The van der Waals surface area contributed by atoms with Gasteiger partial charge in [-0.25, -0.2) is 9.82 Å². The first-order chi connectivity index (χ1) is 10.1. The van der Waals surface area contributed by atoms with Crippen molar-refractivity contribution in [3.05, 3.63) is 77.1 Å². The van der Waals surface area contributed by atoms with Crippen molar-refractivity contribution in [2.45, 2.75) is 6.92 Å². The minimum Gasteiger partial charge on any atom is -0.267 e. The Morgan fingerprint density at radius 1 is 1.14 bits per heavy atom. The van der Waals surface area contributed by atoms with Gasteiger partial charge < -0.3 is 0 Å². The van der Waals surface area contributed by atoms with E-state index in [-0.39, 0.29) is 5.56 Å². The van der Waals surface area contributed by atoms with Crippen LogP contribution in [0.4, 0.5) is 4.39 Å². The third-order valence-corrected chi connectivity index (χ3v) is 2.71. The number of hydrazone groups is 1.